The first kappa shape index (κ1) is 28.9. The number of thioether (sulfide) groups is 1. The lowest BCUT2D eigenvalue weighted by molar-refractivity contribution is -0.115. The van der Waals surface area contributed by atoms with Crippen LogP contribution in [0.2, 0.25) is 0 Å². The summed E-state index contributed by atoms with van der Waals surface area (Å²) in [5.41, 5.74) is 0.713. The predicted octanol–water partition coefficient (Wildman–Crippen LogP) is 4.07. The highest BCUT2D eigenvalue weighted by Gasteiger charge is 2.52. The molecular weight excluding hydrogens is 586 g/mol. The molecule has 1 saturated heterocycles. The second-order valence-electron chi connectivity index (χ2n) is 10.3. The van der Waals surface area contributed by atoms with Crippen LogP contribution in [0.1, 0.15) is 27.2 Å². The molecule has 2 aliphatic heterocycles. The number of hydrogen-bond donors (Lipinski definition) is 2. The molecule has 0 bridgehead atoms. The Morgan fingerprint density at radius 1 is 1.02 bits per heavy atom. The lowest BCUT2D eigenvalue weighted by Gasteiger charge is -2.35. The summed E-state index contributed by atoms with van der Waals surface area (Å²) in [6, 6.07) is 18.1. The highest BCUT2D eigenvalue weighted by Crippen LogP contribution is 2.47. The number of nitrogens with zero attached hydrogens (tertiary/aromatic N) is 6. The molecule has 0 unspecified atom stereocenters. The van der Waals surface area contributed by atoms with Crippen LogP contribution in [0.25, 0.3) is 0 Å². The zero-order valence-electron chi connectivity index (χ0n) is 23.1. The van der Waals surface area contributed by atoms with Crippen LogP contribution in [-0.4, -0.2) is 50.8 Å². The smallest absolute Gasteiger partial charge is 0.257 e. The first-order chi connectivity index (χ1) is 21.3. The van der Waals surface area contributed by atoms with E-state index in [4.69, 9.17) is 10.3 Å². The third-order valence-corrected chi connectivity index (χ3v) is 8.46. The second-order valence-corrected chi connectivity index (χ2v) is 11.3. The van der Waals surface area contributed by atoms with Gasteiger partial charge in [0.05, 0.1) is 30.9 Å². The van der Waals surface area contributed by atoms with Gasteiger partial charge >= 0.3 is 0 Å². The van der Waals surface area contributed by atoms with Crippen LogP contribution in [0, 0.1) is 28.9 Å². The van der Waals surface area contributed by atoms with Gasteiger partial charge in [-0.1, -0.05) is 30.0 Å². The van der Waals surface area contributed by atoms with E-state index in [0.29, 0.717) is 40.0 Å². The Labute approximate surface area is 255 Å². The van der Waals surface area contributed by atoms with E-state index < -0.39 is 17.2 Å². The van der Waals surface area contributed by atoms with E-state index in [1.165, 1.54) is 30.1 Å². The van der Waals surface area contributed by atoms with Crippen molar-refractivity contribution in [2.45, 2.75) is 12.0 Å². The van der Waals surface area contributed by atoms with Crippen LogP contribution in [0.15, 0.2) is 84.2 Å². The first-order valence-electron chi connectivity index (χ1n) is 13.6. The predicted molar refractivity (Wildman–Crippen MR) is 161 cm³/mol. The van der Waals surface area contributed by atoms with Crippen LogP contribution in [0.3, 0.4) is 0 Å². The fraction of sp³-hybridized carbons (Fsp3) is 0.194. The first-order valence-corrected chi connectivity index (χ1v) is 14.6. The number of aliphatic imine (C=N–C) groups is 1. The van der Waals surface area contributed by atoms with Crippen LogP contribution in [0.4, 0.5) is 20.4 Å². The van der Waals surface area contributed by atoms with Gasteiger partial charge in [-0.05, 0) is 42.5 Å². The van der Waals surface area contributed by atoms with Crippen molar-refractivity contribution in [2.75, 3.05) is 29.1 Å². The summed E-state index contributed by atoms with van der Waals surface area (Å²) >= 11 is 1.35. The van der Waals surface area contributed by atoms with Crippen LogP contribution in [-0.2, 0) is 16.8 Å². The van der Waals surface area contributed by atoms with E-state index in [2.05, 4.69) is 25.6 Å². The van der Waals surface area contributed by atoms with Gasteiger partial charge in [-0.15, -0.1) is 0 Å². The minimum absolute atomic E-state index is 0.0493. The third-order valence-electron chi connectivity index (χ3n) is 7.43. The molecule has 0 aliphatic carbocycles. The number of rotatable bonds is 6. The number of fused-ring (bicyclic) bond motifs is 1. The van der Waals surface area contributed by atoms with Crippen LogP contribution in [0.5, 0.6) is 0 Å². The number of anilines is 2. The molecule has 1 fully saturated rings. The molecule has 2 aromatic carbocycles. The molecule has 220 valence electrons. The molecule has 0 radical (unpaired) electrons. The molecule has 0 saturated carbocycles. The zero-order valence-corrected chi connectivity index (χ0v) is 23.9. The van der Waals surface area contributed by atoms with E-state index in [-0.39, 0.29) is 42.2 Å². The largest absolute Gasteiger partial charge is 0.338 e. The number of nitriles is 1. The number of nitrogens with one attached hydrogen (secondary N) is 2. The second kappa shape index (κ2) is 12.2. The maximum atomic E-state index is 15.8. The Bertz CT molecular complexity index is 1780. The number of amidine groups is 1. The number of halogens is 2. The van der Waals surface area contributed by atoms with E-state index in [0.717, 1.165) is 12.4 Å². The standard InChI is InChI=1S/C31H24F2N8O2S/c32-22-14-36-29(37-15-22)41-16-21-17-44-30(39-28(43)20-4-2-1-3-5-20)40-31(21,18-41)25-10-24(8-9-26(25)33)38-27(42)11-23-7-6-19(12-34)13-35-23/h1-10,13-15,21H,11,16-18H2,(H,38,42)(H,39,40,43)/t21-,31-/m0/s1. The summed E-state index contributed by atoms with van der Waals surface area (Å²) < 4.78 is 29.4. The molecule has 6 rings (SSSR count). The van der Waals surface area contributed by atoms with E-state index in [1.807, 2.05) is 17.0 Å². The van der Waals surface area contributed by atoms with E-state index in [9.17, 15) is 14.0 Å². The number of carbonyl (C=O) groups excluding carboxylic acids is 2. The third kappa shape index (κ3) is 5.97. The van der Waals surface area contributed by atoms with Crippen LogP contribution < -0.4 is 15.5 Å². The van der Waals surface area contributed by atoms with Gasteiger partial charge in [0.15, 0.2) is 11.0 Å². The molecular formula is C31H24F2N8O2S. The molecule has 44 heavy (non-hydrogen) atoms. The molecule has 0 spiro atoms. The molecule has 4 aromatic rings. The summed E-state index contributed by atoms with van der Waals surface area (Å²) in [4.78, 5) is 45.0. The summed E-state index contributed by atoms with van der Waals surface area (Å²) in [6.45, 7) is 0.556. The topological polar surface area (TPSA) is 136 Å². The van der Waals surface area contributed by atoms with Crippen molar-refractivity contribution in [1.29, 1.82) is 5.26 Å². The summed E-state index contributed by atoms with van der Waals surface area (Å²) in [5.74, 6) is -1.30. The minimum atomic E-state index is -1.18. The SMILES string of the molecule is N#Cc1ccc(CC(=O)Nc2ccc(F)c([C@]34CN(c5ncc(F)cn5)C[C@H]3CSC(NC(=O)c3ccccc3)=N4)c2)nc1. The van der Waals surface area contributed by atoms with Gasteiger partial charge < -0.3 is 15.5 Å². The van der Waals surface area contributed by atoms with Gasteiger partial charge in [-0.25, -0.2) is 23.7 Å². The summed E-state index contributed by atoms with van der Waals surface area (Å²) in [6.07, 6.45) is 3.48. The Hall–Kier alpha value is -5.22. The van der Waals surface area contributed by atoms with Gasteiger partial charge in [-0.3, -0.25) is 14.6 Å². The van der Waals surface area contributed by atoms with Crippen molar-refractivity contribution in [3.8, 4) is 6.07 Å². The molecule has 2 aromatic heterocycles. The average Bonchev–Trinajstić information content (AvgIpc) is 3.43. The highest BCUT2D eigenvalue weighted by atomic mass is 32.2. The van der Waals surface area contributed by atoms with Gasteiger partial charge in [-0.2, -0.15) is 5.26 Å². The molecule has 10 nitrogen and oxygen atoms in total. The summed E-state index contributed by atoms with van der Waals surface area (Å²) in [7, 11) is 0. The Kier molecular flexibility index (Phi) is 7.99. The van der Waals surface area contributed by atoms with Gasteiger partial charge in [0.1, 0.15) is 17.4 Å². The van der Waals surface area contributed by atoms with Gasteiger partial charge in [0.2, 0.25) is 11.9 Å². The number of benzene rings is 2. The van der Waals surface area contributed by atoms with Crippen molar-refractivity contribution in [3.05, 3.63) is 113 Å². The van der Waals surface area contributed by atoms with E-state index in [1.54, 1.807) is 42.5 Å². The minimum Gasteiger partial charge on any atom is -0.338 e. The Morgan fingerprint density at radius 2 is 1.82 bits per heavy atom. The van der Waals surface area contributed by atoms with Crippen molar-refractivity contribution in [1.82, 2.24) is 20.3 Å². The zero-order chi connectivity index (χ0) is 30.7. The normalized spacial score (nSPS) is 19.0. The van der Waals surface area contributed by atoms with Crippen molar-refractivity contribution in [3.63, 3.8) is 0 Å². The Balaban J connectivity index is 1.33. The molecule has 2 N–H and O–H groups in total. The molecule has 13 heteroatoms. The number of pyridine rings is 1. The number of carbonyl (C=O) groups is 2. The van der Waals surface area contributed by atoms with Crippen LogP contribution >= 0.6 is 11.8 Å². The number of hydrogen-bond acceptors (Lipinski definition) is 9. The molecule has 2 aliphatic rings. The van der Waals surface area contributed by atoms with Gasteiger partial charge in [0, 0.05) is 46.9 Å². The molecule has 4 heterocycles. The number of aromatic nitrogens is 3. The quantitative estimate of drug-likeness (QED) is 0.334. The lowest BCUT2D eigenvalue weighted by atomic mass is 9.81. The molecule has 2 amide bonds. The molecule has 2 atom stereocenters. The number of amides is 2. The fourth-order valence-corrected chi connectivity index (χ4v) is 6.45. The maximum Gasteiger partial charge on any atom is 0.257 e. The lowest BCUT2D eigenvalue weighted by Crippen LogP contribution is -2.43. The van der Waals surface area contributed by atoms with E-state index >= 15 is 4.39 Å². The Morgan fingerprint density at radius 3 is 2.55 bits per heavy atom. The van der Waals surface area contributed by atoms with Crippen molar-refractivity contribution >= 4 is 40.4 Å². The van der Waals surface area contributed by atoms with Crippen molar-refractivity contribution < 1.29 is 18.4 Å². The van der Waals surface area contributed by atoms with Crippen molar-refractivity contribution in [2.24, 2.45) is 10.9 Å². The fourth-order valence-electron chi connectivity index (χ4n) is 5.32. The highest BCUT2D eigenvalue weighted by molar-refractivity contribution is 8.13. The average molecular weight is 611 g/mol. The van der Waals surface area contributed by atoms with Gasteiger partial charge in [0.25, 0.3) is 5.91 Å². The summed E-state index contributed by atoms with van der Waals surface area (Å²) in [5, 5.41) is 15.0. The maximum absolute atomic E-state index is 15.8. The monoisotopic (exact) mass is 610 g/mol.